The molecule has 0 spiro atoms. The van der Waals surface area contributed by atoms with Crippen molar-refractivity contribution >= 4 is 22.6 Å². The first-order valence-electron chi connectivity index (χ1n) is 7.54. The highest BCUT2D eigenvalue weighted by Gasteiger charge is 2.42. The smallest absolute Gasteiger partial charge is 0.231 e. The van der Waals surface area contributed by atoms with Gasteiger partial charge in [0.15, 0.2) is 16.7 Å². The zero-order valence-electron chi connectivity index (χ0n) is 11.6. The number of fused-ring (bicyclic) bond motifs is 4. The molecule has 2 atom stereocenters. The normalized spacial score (nSPS) is 29.0. The van der Waals surface area contributed by atoms with Gasteiger partial charge in [0.25, 0.3) is 0 Å². The molecule has 0 amide bonds. The lowest BCUT2D eigenvalue weighted by Crippen LogP contribution is -2.38. The van der Waals surface area contributed by atoms with Gasteiger partial charge in [-0.3, -0.25) is 4.99 Å². The van der Waals surface area contributed by atoms with Gasteiger partial charge < -0.3 is 14.4 Å². The van der Waals surface area contributed by atoms with Gasteiger partial charge in [0.05, 0.1) is 17.8 Å². The maximum absolute atomic E-state index is 5.51. The topological polar surface area (TPSA) is 34.1 Å². The van der Waals surface area contributed by atoms with Gasteiger partial charge in [0.1, 0.15) is 0 Å². The van der Waals surface area contributed by atoms with Crippen LogP contribution in [0.5, 0.6) is 11.5 Å². The molecule has 0 N–H and O–H groups in total. The van der Waals surface area contributed by atoms with Crippen LogP contribution in [0.1, 0.15) is 31.2 Å². The fraction of sp³-hybridized carbons (Fsp3) is 0.438. The molecule has 0 saturated heterocycles. The molecule has 5 rings (SSSR count). The molecular formula is C16H16N2O2S. The average Bonchev–Trinajstić information content (AvgIpc) is 3.20. The average molecular weight is 300 g/mol. The third-order valence-corrected chi connectivity index (χ3v) is 5.57. The van der Waals surface area contributed by atoms with Gasteiger partial charge in [-0.05, 0) is 31.0 Å². The highest BCUT2D eigenvalue weighted by molar-refractivity contribution is 8.16. The Labute approximate surface area is 127 Å². The zero-order valence-corrected chi connectivity index (χ0v) is 12.4. The quantitative estimate of drug-likeness (QED) is 0.795. The molecule has 21 heavy (non-hydrogen) atoms. The Bertz CT molecular complexity index is 670. The largest absolute Gasteiger partial charge is 0.454 e. The fourth-order valence-corrected chi connectivity index (χ4v) is 4.70. The van der Waals surface area contributed by atoms with E-state index in [-0.39, 0.29) is 0 Å². The number of amidine groups is 1. The highest BCUT2D eigenvalue weighted by atomic mass is 32.2. The lowest BCUT2D eigenvalue weighted by molar-refractivity contribution is 0.174. The summed E-state index contributed by atoms with van der Waals surface area (Å²) in [4.78, 5) is 7.37. The molecule has 0 aromatic heterocycles. The third-order valence-electron chi connectivity index (χ3n) is 4.71. The van der Waals surface area contributed by atoms with Crippen LogP contribution in [0.2, 0.25) is 0 Å². The van der Waals surface area contributed by atoms with Crippen molar-refractivity contribution < 1.29 is 9.47 Å². The van der Waals surface area contributed by atoms with Gasteiger partial charge in [0, 0.05) is 11.0 Å². The van der Waals surface area contributed by atoms with Crippen molar-refractivity contribution in [2.24, 2.45) is 4.99 Å². The maximum Gasteiger partial charge on any atom is 0.231 e. The SMILES string of the molecule is C1=C(c2ccc3c(c2)OCO3)N2C(=N[C@H]3CCCC[C@H]32)S1. The number of benzene rings is 1. The Morgan fingerprint density at radius 1 is 1.14 bits per heavy atom. The first-order chi connectivity index (χ1) is 10.4. The maximum atomic E-state index is 5.51. The van der Waals surface area contributed by atoms with Crippen molar-refractivity contribution in [2.75, 3.05) is 6.79 Å². The first kappa shape index (κ1) is 12.0. The van der Waals surface area contributed by atoms with Crippen LogP contribution >= 0.6 is 11.8 Å². The summed E-state index contributed by atoms with van der Waals surface area (Å²) in [6.07, 6.45) is 5.12. The molecule has 1 aromatic rings. The van der Waals surface area contributed by atoms with Crippen molar-refractivity contribution in [1.29, 1.82) is 0 Å². The number of ether oxygens (including phenoxy) is 2. The minimum atomic E-state index is 0.327. The van der Waals surface area contributed by atoms with Crippen LogP contribution in [0.25, 0.3) is 5.70 Å². The van der Waals surface area contributed by atoms with Gasteiger partial charge in [-0.25, -0.2) is 0 Å². The Balaban J connectivity index is 1.51. The van der Waals surface area contributed by atoms with Crippen LogP contribution < -0.4 is 9.47 Å². The molecule has 5 heteroatoms. The van der Waals surface area contributed by atoms with Crippen molar-refractivity contribution in [3.8, 4) is 11.5 Å². The van der Waals surface area contributed by atoms with Crippen molar-refractivity contribution in [3.05, 3.63) is 29.2 Å². The molecule has 1 fully saturated rings. The second-order valence-corrected chi connectivity index (χ2v) is 6.73. The van der Waals surface area contributed by atoms with E-state index in [2.05, 4.69) is 22.4 Å². The van der Waals surface area contributed by atoms with Gasteiger partial charge in [-0.1, -0.05) is 24.6 Å². The van der Waals surface area contributed by atoms with Crippen LogP contribution in [-0.2, 0) is 0 Å². The molecule has 0 unspecified atom stereocenters. The molecule has 1 aliphatic carbocycles. The van der Waals surface area contributed by atoms with E-state index in [4.69, 9.17) is 14.5 Å². The summed E-state index contributed by atoms with van der Waals surface area (Å²) in [6.45, 7) is 0.327. The minimum absolute atomic E-state index is 0.327. The molecule has 4 nitrogen and oxygen atoms in total. The number of hydrogen-bond donors (Lipinski definition) is 0. The van der Waals surface area contributed by atoms with E-state index in [1.165, 1.54) is 42.1 Å². The highest BCUT2D eigenvalue weighted by Crippen LogP contribution is 2.45. The van der Waals surface area contributed by atoms with E-state index in [9.17, 15) is 0 Å². The first-order valence-corrected chi connectivity index (χ1v) is 8.42. The number of hydrogen-bond acceptors (Lipinski definition) is 5. The van der Waals surface area contributed by atoms with Gasteiger partial charge in [-0.2, -0.15) is 0 Å². The molecule has 0 radical (unpaired) electrons. The molecule has 1 aromatic carbocycles. The predicted octanol–water partition coefficient (Wildman–Crippen LogP) is 3.44. The summed E-state index contributed by atoms with van der Waals surface area (Å²) in [7, 11) is 0. The second kappa shape index (κ2) is 4.44. The molecule has 3 heterocycles. The summed E-state index contributed by atoms with van der Waals surface area (Å²) in [5, 5.41) is 3.40. The molecule has 108 valence electrons. The molecule has 0 bridgehead atoms. The monoisotopic (exact) mass is 300 g/mol. The molecule has 1 saturated carbocycles. The Hall–Kier alpha value is -1.62. The van der Waals surface area contributed by atoms with Crippen LogP contribution in [0.15, 0.2) is 28.6 Å². The van der Waals surface area contributed by atoms with Gasteiger partial charge in [0.2, 0.25) is 6.79 Å². The summed E-state index contributed by atoms with van der Waals surface area (Å²) in [6, 6.07) is 7.28. The minimum Gasteiger partial charge on any atom is -0.454 e. The number of aliphatic imine (C=N–C) groups is 1. The fourth-order valence-electron chi connectivity index (χ4n) is 3.69. The standard InChI is InChI=1S/C16H16N2O2S/c1-2-4-12-11(3-1)17-16-18(12)13(8-21-16)10-5-6-14-15(7-10)20-9-19-14/h5-8,11-12H,1-4,9H2/t11-,12+/m0/s1. The van der Waals surface area contributed by atoms with Crippen LogP contribution in [-0.4, -0.2) is 28.9 Å². The Kier molecular flexibility index (Phi) is 2.53. The van der Waals surface area contributed by atoms with E-state index in [0.29, 0.717) is 18.9 Å². The number of nitrogens with zero attached hydrogens (tertiary/aromatic N) is 2. The summed E-state index contributed by atoms with van der Waals surface area (Å²) in [5.41, 5.74) is 2.47. The molecule has 4 aliphatic rings. The Morgan fingerprint density at radius 2 is 2.05 bits per heavy atom. The van der Waals surface area contributed by atoms with E-state index >= 15 is 0 Å². The van der Waals surface area contributed by atoms with E-state index in [0.717, 1.165) is 11.5 Å². The molecular weight excluding hydrogens is 284 g/mol. The summed E-state index contributed by atoms with van der Waals surface area (Å²) < 4.78 is 10.9. The van der Waals surface area contributed by atoms with Crippen LogP contribution in [0, 0.1) is 0 Å². The van der Waals surface area contributed by atoms with Gasteiger partial charge in [-0.15, -0.1) is 0 Å². The second-order valence-electron chi connectivity index (χ2n) is 5.89. The number of rotatable bonds is 1. The van der Waals surface area contributed by atoms with Crippen molar-refractivity contribution in [1.82, 2.24) is 4.90 Å². The zero-order chi connectivity index (χ0) is 13.8. The lowest BCUT2D eigenvalue weighted by atomic mass is 9.90. The summed E-state index contributed by atoms with van der Waals surface area (Å²) in [5.74, 6) is 1.69. The van der Waals surface area contributed by atoms with Gasteiger partial charge >= 0.3 is 0 Å². The van der Waals surface area contributed by atoms with E-state index in [1.807, 2.05) is 6.07 Å². The van der Waals surface area contributed by atoms with E-state index in [1.54, 1.807) is 11.8 Å². The third kappa shape index (κ3) is 1.73. The molecule has 3 aliphatic heterocycles. The van der Waals surface area contributed by atoms with Crippen molar-refractivity contribution in [2.45, 2.75) is 37.8 Å². The lowest BCUT2D eigenvalue weighted by Gasteiger charge is -2.32. The Morgan fingerprint density at radius 3 is 3.05 bits per heavy atom. The van der Waals surface area contributed by atoms with E-state index < -0.39 is 0 Å². The van der Waals surface area contributed by atoms with Crippen LogP contribution in [0.4, 0.5) is 0 Å². The predicted molar refractivity (Wildman–Crippen MR) is 83.5 cm³/mol. The van der Waals surface area contributed by atoms with Crippen molar-refractivity contribution in [3.63, 3.8) is 0 Å². The van der Waals surface area contributed by atoms with Crippen LogP contribution in [0.3, 0.4) is 0 Å². The summed E-state index contributed by atoms with van der Waals surface area (Å²) >= 11 is 1.76. The number of thioether (sulfide) groups is 1.